The standard InChI is InChI=1S/C23H19FN2O/c24-21-14-8-7-13-19(21)22(16-25)26-23(27)15-20(17-9-3-1-4-10-17)18-11-5-2-6-12-18/h1-14,20,22H,15H2,(H,26,27). The fraction of sp³-hybridized carbons (Fsp3) is 0.130. The number of hydrogen-bond donors (Lipinski definition) is 1. The van der Waals surface area contributed by atoms with E-state index in [0.717, 1.165) is 11.1 Å². The van der Waals surface area contributed by atoms with E-state index in [2.05, 4.69) is 5.32 Å². The molecule has 3 nitrogen and oxygen atoms in total. The molecule has 0 bridgehead atoms. The largest absolute Gasteiger partial charge is 0.337 e. The van der Waals surface area contributed by atoms with Gasteiger partial charge in [-0.1, -0.05) is 78.9 Å². The zero-order valence-corrected chi connectivity index (χ0v) is 14.7. The second-order valence-corrected chi connectivity index (χ2v) is 6.23. The van der Waals surface area contributed by atoms with E-state index >= 15 is 0 Å². The topological polar surface area (TPSA) is 52.9 Å². The molecule has 4 heteroatoms. The number of halogens is 1. The number of carbonyl (C=O) groups is 1. The summed E-state index contributed by atoms with van der Waals surface area (Å²) in [6.07, 6.45) is 0.167. The quantitative estimate of drug-likeness (QED) is 0.693. The van der Waals surface area contributed by atoms with Crippen molar-refractivity contribution in [3.8, 4) is 6.07 Å². The molecule has 0 aliphatic heterocycles. The molecular formula is C23H19FN2O. The lowest BCUT2D eigenvalue weighted by atomic mass is 9.88. The van der Waals surface area contributed by atoms with Gasteiger partial charge in [0.25, 0.3) is 0 Å². The van der Waals surface area contributed by atoms with Gasteiger partial charge >= 0.3 is 0 Å². The highest BCUT2D eigenvalue weighted by Crippen LogP contribution is 2.28. The van der Waals surface area contributed by atoms with E-state index in [-0.39, 0.29) is 23.8 Å². The molecule has 1 N–H and O–H groups in total. The first kappa shape index (κ1) is 18.3. The Labute approximate surface area is 158 Å². The number of nitrogens with zero attached hydrogens (tertiary/aromatic N) is 1. The van der Waals surface area contributed by atoms with Gasteiger partial charge in [-0.15, -0.1) is 0 Å². The number of hydrogen-bond acceptors (Lipinski definition) is 2. The van der Waals surface area contributed by atoms with Gasteiger partial charge in [0, 0.05) is 17.9 Å². The Kier molecular flexibility index (Phi) is 5.96. The van der Waals surface area contributed by atoms with Crippen molar-refractivity contribution in [2.24, 2.45) is 0 Å². The molecule has 1 unspecified atom stereocenters. The van der Waals surface area contributed by atoms with Crippen LogP contribution in [0.5, 0.6) is 0 Å². The van der Waals surface area contributed by atoms with E-state index in [1.165, 1.54) is 12.1 Å². The fourth-order valence-corrected chi connectivity index (χ4v) is 3.09. The van der Waals surface area contributed by atoms with Crippen molar-refractivity contribution in [1.29, 1.82) is 5.26 Å². The van der Waals surface area contributed by atoms with Gasteiger partial charge in [-0.25, -0.2) is 4.39 Å². The average molecular weight is 358 g/mol. The predicted octanol–water partition coefficient (Wildman–Crippen LogP) is 4.73. The van der Waals surface area contributed by atoms with E-state index in [1.54, 1.807) is 12.1 Å². The minimum atomic E-state index is -1.02. The summed E-state index contributed by atoms with van der Waals surface area (Å²) in [5.41, 5.74) is 2.20. The summed E-state index contributed by atoms with van der Waals surface area (Å²) in [4.78, 5) is 12.7. The van der Waals surface area contributed by atoms with Crippen molar-refractivity contribution >= 4 is 5.91 Å². The Morgan fingerprint density at radius 3 is 1.93 bits per heavy atom. The van der Waals surface area contributed by atoms with Crippen molar-refractivity contribution in [3.63, 3.8) is 0 Å². The summed E-state index contributed by atoms with van der Waals surface area (Å²) in [5.74, 6) is -0.957. The van der Waals surface area contributed by atoms with Crippen molar-refractivity contribution in [3.05, 3.63) is 107 Å². The SMILES string of the molecule is N#CC(NC(=O)CC(c1ccccc1)c1ccccc1)c1ccccc1F. The Bertz CT molecular complexity index is 896. The molecule has 0 heterocycles. The molecule has 0 saturated carbocycles. The van der Waals surface area contributed by atoms with Crippen molar-refractivity contribution < 1.29 is 9.18 Å². The van der Waals surface area contributed by atoms with Crippen LogP contribution in [0.4, 0.5) is 4.39 Å². The number of benzene rings is 3. The van der Waals surface area contributed by atoms with Gasteiger partial charge in [-0.05, 0) is 17.2 Å². The molecule has 3 aromatic rings. The summed E-state index contributed by atoms with van der Waals surface area (Å²) in [6.45, 7) is 0. The molecule has 0 radical (unpaired) electrons. The van der Waals surface area contributed by atoms with Crippen LogP contribution in [0.2, 0.25) is 0 Å². The highest BCUT2D eigenvalue weighted by atomic mass is 19.1. The third-order valence-electron chi connectivity index (χ3n) is 4.44. The predicted molar refractivity (Wildman–Crippen MR) is 102 cm³/mol. The number of nitriles is 1. The second kappa shape index (κ2) is 8.77. The van der Waals surface area contributed by atoms with E-state index in [4.69, 9.17) is 0 Å². The summed E-state index contributed by atoms with van der Waals surface area (Å²) < 4.78 is 14.0. The zero-order valence-electron chi connectivity index (χ0n) is 14.7. The lowest BCUT2D eigenvalue weighted by Gasteiger charge is -2.19. The van der Waals surface area contributed by atoms with Gasteiger partial charge in [-0.2, -0.15) is 5.26 Å². The first-order valence-electron chi connectivity index (χ1n) is 8.72. The average Bonchev–Trinajstić information content (AvgIpc) is 2.72. The Hall–Kier alpha value is -3.45. The van der Waals surface area contributed by atoms with Crippen LogP contribution >= 0.6 is 0 Å². The Balaban J connectivity index is 1.81. The summed E-state index contributed by atoms with van der Waals surface area (Å²) >= 11 is 0. The van der Waals surface area contributed by atoms with Crippen LogP contribution < -0.4 is 5.32 Å². The maximum absolute atomic E-state index is 14.0. The van der Waals surface area contributed by atoms with E-state index in [0.29, 0.717) is 0 Å². The Morgan fingerprint density at radius 2 is 1.41 bits per heavy atom. The molecule has 0 aliphatic rings. The highest BCUT2D eigenvalue weighted by molar-refractivity contribution is 5.78. The van der Waals surface area contributed by atoms with E-state index < -0.39 is 11.9 Å². The highest BCUT2D eigenvalue weighted by Gasteiger charge is 2.22. The van der Waals surface area contributed by atoms with Crippen LogP contribution in [0.3, 0.4) is 0 Å². The molecule has 0 aromatic heterocycles. The molecule has 3 aromatic carbocycles. The summed E-state index contributed by atoms with van der Waals surface area (Å²) in [5, 5.41) is 12.0. The minimum Gasteiger partial charge on any atom is -0.337 e. The van der Waals surface area contributed by atoms with Crippen LogP contribution in [-0.2, 0) is 4.79 Å². The third-order valence-corrected chi connectivity index (χ3v) is 4.44. The van der Waals surface area contributed by atoms with E-state index in [1.807, 2.05) is 66.7 Å². The smallest absolute Gasteiger partial charge is 0.222 e. The van der Waals surface area contributed by atoms with E-state index in [9.17, 15) is 14.4 Å². The molecule has 1 atom stereocenters. The van der Waals surface area contributed by atoms with Crippen LogP contribution in [-0.4, -0.2) is 5.91 Å². The molecule has 0 saturated heterocycles. The maximum atomic E-state index is 14.0. The second-order valence-electron chi connectivity index (χ2n) is 6.23. The fourth-order valence-electron chi connectivity index (χ4n) is 3.09. The Morgan fingerprint density at radius 1 is 0.889 bits per heavy atom. The third kappa shape index (κ3) is 4.59. The molecule has 0 fully saturated rings. The first-order valence-corrected chi connectivity index (χ1v) is 8.72. The molecule has 0 spiro atoms. The minimum absolute atomic E-state index is 0.146. The van der Waals surface area contributed by atoms with Gasteiger partial charge < -0.3 is 5.32 Å². The number of amides is 1. The number of nitrogens with one attached hydrogen (secondary N) is 1. The van der Waals surface area contributed by atoms with Gasteiger partial charge in [0.2, 0.25) is 5.91 Å². The van der Waals surface area contributed by atoms with Crippen LogP contribution in [0, 0.1) is 17.1 Å². The van der Waals surface area contributed by atoms with Gasteiger partial charge in [0.05, 0.1) is 6.07 Å². The van der Waals surface area contributed by atoms with Crippen molar-refractivity contribution in [1.82, 2.24) is 5.32 Å². The molecule has 134 valence electrons. The van der Waals surface area contributed by atoms with Gasteiger partial charge in [0.1, 0.15) is 11.9 Å². The van der Waals surface area contributed by atoms with Crippen LogP contribution in [0.25, 0.3) is 0 Å². The molecular weight excluding hydrogens is 339 g/mol. The summed E-state index contributed by atoms with van der Waals surface area (Å²) in [6, 6.07) is 26.4. The lowest BCUT2D eigenvalue weighted by Crippen LogP contribution is -2.29. The van der Waals surface area contributed by atoms with Gasteiger partial charge in [0.15, 0.2) is 0 Å². The first-order chi connectivity index (χ1) is 13.2. The van der Waals surface area contributed by atoms with Crippen molar-refractivity contribution in [2.75, 3.05) is 0 Å². The van der Waals surface area contributed by atoms with Crippen LogP contribution in [0.15, 0.2) is 84.9 Å². The molecule has 27 heavy (non-hydrogen) atoms. The summed E-state index contributed by atoms with van der Waals surface area (Å²) in [7, 11) is 0. The maximum Gasteiger partial charge on any atom is 0.222 e. The molecule has 3 rings (SSSR count). The monoisotopic (exact) mass is 358 g/mol. The molecule has 0 aliphatic carbocycles. The number of rotatable bonds is 6. The lowest BCUT2D eigenvalue weighted by molar-refractivity contribution is -0.121. The van der Waals surface area contributed by atoms with Crippen molar-refractivity contribution in [2.45, 2.75) is 18.4 Å². The van der Waals surface area contributed by atoms with Crippen LogP contribution in [0.1, 0.15) is 35.1 Å². The number of carbonyl (C=O) groups excluding carboxylic acids is 1. The van der Waals surface area contributed by atoms with Gasteiger partial charge in [-0.3, -0.25) is 4.79 Å². The normalized spacial score (nSPS) is 11.6. The zero-order chi connectivity index (χ0) is 19.1. The molecule has 1 amide bonds.